The van der Waals surface area contributed by atoms with Crippen LogP contribution >= 0.6 is 0 Å². The number of benzene rings is 2. The van der Waals surface area contributed by atoms with E-state index in [1.807, 2.05) is 24.3 Å². The first-order chi connectivity index (χ1) is 12.2. The SMILES string of the molecule is C/C=C/[C@H](C)C(OCc1ccccc1)[C@H](C)COCc1ccccc1. The maximum absolute atomic E-state index is 6.28. The van der Waals surface area contributed by atoms with Gasteiger partial charge in [0.2, 0.25) is 0 Å². The van der Waals surface area contributed by atoms with Crippen molar-refractivity contribution in [3.05, 3.63) is 83.9 Å². The molecule has 0 saturated carbocycles. The highest BCUT2D eigenvalue weighted by Crippen LogP contribution is 2.21. The fourth-order valence-corrected chi connectivity index (χ4v) is 3.05. The molecule has 0 aliphatic carbocycles. The number of ether oxygens (including phenoxy) is 2. The largest absolute Gasteiger partial charge is 0.376 e. The second-order valence-corrected chi connectivity index (χ2v) is 6.62. The Kier molecular flexibility index (Phi) is 8.44. The van der Waals surface area contributed by atoms with Gasteiger partial charge in [-0.2, -0.15) is 0 Å². The van der Waals surface area contributed by atoms with Crippen molar-refractivity contribution in [1.82, 2.24) is 0 Å². The first kappa shape index (κ1) is 19.4. The molecule has 2 heteroatoms. The van der Waals surface area contributed by atoms with Gasteiger partial charge in [0.15, 0.2) is 0 Å². The molecule has 0 aliphatic rings. The van der Waals surface area contributed by atoms with Crippen molar-refractivity contribution in [3.8, 4) is 0 Å². The van der Waals surface area contributed by atoms with E-state index in [1.165, 1.54) is 11.1 Å². The second kappa shape index (κ2) is 10.9. The topological polar surface area (TPSA) is 18.5 Å². The third kappa shape index (κ3) is 6.85. The zero-order valence-electron chi connectivity index (χ0n) is 15.6. The minimum absolute atomic E-state index is 0.132. The Morgan fingerprint density at radius 3 is 1.96 bits per heavy atom. The van der Waals surface area contributed by atoms with Crippen LogP contribution in [0, 0.1) is 11.8 Å². The molecule has 0 bridgehead atoms. The van der Waals surface area contributed by atoms with Crippen LogP contribution in [0.15, 0.2) is 72.8 Å². The lowest BCUT2D eigenvalue weighted by atomic mass is 9.93. The van der Waals surface area contributed by atoms with Crippen LogP contribution in [0.4, 0.5) is 0 Å². The standard InChI is InChI=1S/C23H30O2/c1-4-11-19(2)23(25-18-22-14-9-6-10-15-22)20(3)16-24-17-21-12-7-5-8-13-21/h4-15,19-20,23H,16-18H2,1-3H3/b11-4+/t19-,20+,23?/m0/s1. The zero-order chi connectivity index (χ0) is 17.9. The van der Waals surface area contributed by atoms with Gasteiger partial charge in [-0.05, 0) is 18.1 Å². The van der Waals surface area contributed by atoms with Crippen molar-refractivity contribution < 1.29 is 9.47 Å². The van der Waals surface area contributed by atoms with Gasteiger partial charge in [-0.25, -0.2) is 0 Å². The number of rotatable bonds is 10. The number of hydrogen-bond donors (Lipinski definition) is 0. The summed E-state index contributed by atoms with van der Waals surface area (Å²) in [6, 6.07) is 20.6. The van der Waals surface area contributed by atoms with Gasteiger partial charge in [-0.1, -0.05) is 86.7 Å². The molecular weight excluding hydrogens is 308 g/mol. The summed E-state index contributed by atoms with van der Waals surface area (Å²) < 4.78 is 12.2. The Morgan fingerprint density at radius 2 is 1.40 bits per heavy atom. The normalized spacial score (nSPS) is 15.2. The van der Waals surface area contributed by atoms with E-state index in [1.54, 1.807) is 0 Å². The van der Waals surface area contributed by atoms with E-state index in [-0.39, 0.29) is 6.10 Å². The van der Waals surface area contributed by atoms with Crippen LogP contribution < -0.4 is 0 Å². The molecule has 134 valence electrons. The van der Waals surface area contributed by atoms with Crippen molar-refractivity contribution in [3.63, 3.8) is 0 Å². The predicted octanol–water partition coefficient (Wildman–Crippen LogP) is 5.64. The molecule has 0 N–H and O–H groups in total. The van der Waals surface area contributed by atoms with Gasteiger partial charge in [0, 0.05) is 11.8 Å². The lowest BCUT2D eigenvalue weighted by Gasteiger charge is -2.28. The highest BCUT2D eigenvalue weighted by molar-refractivity contribution is 5.14. The minimum Gasteiger partial charge on any atom is -0.376 e. The molecule has 3 atom stereocenters. The molecule has 0 heterocycles. The van der Waals surface area contributed by atoms with E-state index >= 15 is 0 Å². The van der Waals surface area contributed by atoms with Gasteiger partial charge in [0.25, 0.3) is 0 Å². The maximum atomic E-state index is 6.28. The average Bonchev–Trinajstić information content (AvgIpc) is 2.64. The van der Waals surface area contributed by atoms with Crippen LogP contribution in [0.25, 0.3) is 0 Å². The summed E-state index contributed by atoms with van der Waals surface area (Å²) in [5.74, 6) is 0.669. The Bertz CT molecular complexity index is 607. The molecule has 0 aromatic heterocycles. The highest BCUT2D eigenvalue weighted by Gasteiger charge is 2.23. The minimum atomic E-state index is 0.132. The zero-order valence-corrected chi connectivity index (χ0v) is 15.6. The summed E-state index contributed by atoms with van der Waals surface area (Å²) in [4.78, 5) is 0. The molecule has 1 unspecified atom stereocenters. The smallest absolute Gasteiger partial charge is 0.0721 e. The fraction of sp³-hybridized carbons (Fsp3) is 0.391. The van der Waals surface area contributed by atoms with Gasteiger partial charge in [-0.15, -0.1) is 0 Å². The third-order valence-electron chi connectivity index (χ3n) is 4.35. The van der Waals surface area contributed by atoms with Crippen LogP contribution in [0.3, 0.4) is 0 Å². The summed E-state index contributed by atoms with van der Waals surface area (Å²) in [6.45, 7) is 8.45. The van der Waals surface area contributed by atoms with Crippen molar-refractivity contribution in [2.24, 2.45) is 11.8 Å². The molecular formula is C23H30O2. The van der Waals surface area contributed by atoms with Crippen LogP contribution in [-0.4, -0.2) is 12.7 Å². The van der Waals surface area contributed by atoms with E-state index in [0.717, 1.165) is 0 Å². The van der Waals surface area contributed by atoms with Gasteiger partial charge < -0.3 is 9.47 Å². The Morgan fingerprint density at radius 1 is 0.840 bits per heavy atom. The molecule has 0 saturated heterocycles. The highest BCUT2D eigenvalue weighted by atomic mass is 16.5. The van der Waals surface area contributed by atoms with Gasteiger partial charge >= 0.3 is 0 Å². The number of hydrogen-bond acceptors (Lipinski definition) is 2. The second-order valence-electron chi connectivity index (χ2n) is 6.62. The lowest BCUT2D eigenvalue weighted by Crippen LogP contribution is -2.31. The van der Waals surface area contributed by atoms with E-state index in [2.05, 4.69) is 69.3 Å². The monoisotopic (exact) mass is 338 g/mol. The molecule has 0 radical (unpaired) electrons. The number of allylic oxidation sites excluding steroid dienone is 1. The van der Waals surface area contributed by atoms with Crippen molar-refractivity contribution in [2.45, 2.75) is 40.1 Å². The summed E-state index contributed by atoms with van der Waals surface area (Å²) in [6.07, 6.45) is 4.44. The molecule has 0 amide bonds. The average molecular weight is 338 g/mol. The Hall–Kier alpha value is -1.90. The van der Waals surface area contributed by atoms with Crippen LogP contribution in [-0.2, 0) is 22.7 Å². The third-order valence-corrected chi connectivity index (χ3v) is 4.35. The fourth-order valence-electron chi connectivity index (χ4n) is 3.05. The van der Waals surface area contributed by atoms with E-state index in [4.69, 9.17) is 9.47 Å². The Labute approximate surface area is 152 Å². The Balaban J connectivity index is 1.89. The summed E-state index contributed by atoms with van der Waals surface area (Å²) in [5.41, 5.74) is 2.41. The summed E-state index contributed by atoms with van der Waals surface area (Å²) in [7, 11) is 0. The van der Waals surface area contributed by atoms with E-state index in [0.29, 0.717) is 31.7 Å². The van der Waals surface area contributed by atoms with Gasteiger partial charge in [0.05, 0.1) is 25.9 Å². The molecule has 0 fully saturated rings. The van der Waals surface area contributed by atoms with Crippen molar-refractivity contribution in [2.75, 3.05) is 6.61 Å². The molecule has 2 rings (SSSR count). The molecule has 2 aromatic carbocycles. The van der Waals surface area contributed by atoms with Crippen LogP contribution in [0.5, 0.6) is 0 Å². The predicted molar refractivity (Wildman–Crippen MR) is 104 cm³/mol. The van der Waals surface area contributed by atoms with E-state index < -0.39 is 0 Å². The first-order valence-corrected chi connectivity index (χ1v) is 9.10. The van der Waals surface area contributed by atoms with Crippen LogP contribution in [0.2, 0.25) is 0 Å². The van der Waals surface area contributed by atoms with Crippen molar-refractivity contribution in [1.29, 1.82) is 0 Å². The van der Waals surface area contributed by atoms with Crippen molar-refractivity contribution >= 4 is 0 Å². The van der Waals surface area contributed by atoms with Gasteiger partial charge in [-0.3, -0.25) is 0 Å². The van der Waals surface area contributed by atoms with Crippen LogP contribution in [0.1, 0.15) is 31.9 Å². The molecule has 0 aliphatic heterocycles. The quantitative estimate of drug-likeness (QED) is 0.522. The van der Waals surface area contributed by atoms with E-state index in [9.17, 15) is 0 Å². The molecule has 2 aromatic rings. The van der Waals surface area contributed by atoms with Gasteiger partial charge in [0.1, 0.15) is 0 Å². The summed E-state index contributed by atoms with van der Waals surface area (Å²) >= 11 is 0. The molecule has 25 heavy (non-hydrogen) atoms. The first-order valence-electron chi connectivity index (χ1n) is 9.10. The maximum Gasteiger partial charge on any atom is 0.0721 e. The summed E-state index contributed by atoms with van der Waals surface area (Å²) in [5, 5.41) is 0. The molecule has 2 nitrogen and oxygen atoms in total. The lowest BCUT2D eigenvalue weighted by molar-refractivity contribution is -0.0454. The molecule has 0 spiro atoms.